The lowest BCUT2D eigenvalue weighted by Crippen LogP contribution is -2.42. The van der Waals surface area contributed by atoms with Crippen molar-refractivity contribution in [1.82, 2.24) is 20.5 Å². The van der Waals surface area contributed by atoms with Crippen molar-refractivity contribution >= 4 is 18.3 Å². The van der Waals surface area contributed by atoms with Gasteiger partial charge in [0, 0.05) is 24.2 Å². The number of hydrogen-bond donors (Lipinski definition) is 2. The number of rotatable bonds is 6. The van der Waals surface area contributed by atoms with Crippen molar-refractivity contribution in [1.29, 1.82) is 0 Å². The second-order valence-electron chi connectivity index (χ2n) is 7.26. The van der Waals surface area contributed by atoms with Gasteiger partial charge in [-0.2, -0.15) is 0 Å². The maximum Gasteiger partial charge on any atom is 0.321 e. The number of fused-ring (bicyclic) bond motifs is 1. The second kappa shape index (κ2) is 8.93. The fraction of sp³-hybridized carbons (Fsp3) is 0.130. The largest absolute Gasteiger partial charge is 0.332 e. The molecule has 162 valence electrons. The average Bonchev–Trinajstić information content (AvgIpc) is 3.09. The van der Waals surface area contributed by atoms with Gasteiger partial charge in [-0.05, 0) is 35.4 Å². The van der Waals surface area contributed by atoms with E-state index < -0.39 is 23.7 Å². The summed E-state index contributed by atoms with van der Waals surface area (Å²) in [5.41, 5.74) is 2.98. The van der Waals surface area contributed by atoms with Gasteiger partial charge in [0.15, 0.2) is 0 Å². The van der Waals surface area contributed by atoms with Crippen LogP contribution in [0.25, 0.3) is 11.3 Å². The third kappa shape index (κ3) is 4.46. The van der Waals surface area contributed by atoms with Gasteiger partial charge >= 0.3 is 6.03 Å². The normalized spacial score (nSPS) is 13.4. The number of hydrogen-bond acceptors (Lipinski definition) is 4. The van der Waals surface area contributed by atoms with Crippen LogP contribution in [0.1, 0.15) is 27.5 Å². The highest BCUT2D eigenvalue weighted by Gasteiger charge is 2.30. The zero-order valence-corrected chi connectivity index (χ0v) is 16.7. The lowest BCUT2D eigenvalue weighted by molar-refractivity contribution is -0.108. The van der Waals surface area contributed by atoms with Crippen molar-refractivity contribution in [2.24, 2.45) is 0 Å². The molecule has 0 unspecified atom stereocenters. The molecule has 0 saturated carbocycles. The van der Waals surface area contributed by atoms with E-state index >= 15 is 0 Å². The van der Waals surface area contributed by atoms with Crippen molar-refractivity contribution in [3.63, 3.8) is 0 Å². The number of aromatic nitrogens is 1. The minimum Gasteiger partial charge on any atom is -0.332 e. The minimum atomic E-state index is -0.718. The molecular weight excluding hydrogens is 418 g/mol. The maximum absolute atomic E-state index is 13.6. The fourth-order valence-corrected chi connectivity index (χ4v) is 3.62. The molecule has 3 aromatic rings. The predicted octanol–water partition coefficient (Wildman–Crippen LogP) is 3.18. The first-order valence-electron chi connectivity index (χ1n) is 9.75. The Bertz CT molecular complexity index is 1170. The molecule has 0 bridgehead atoms. The molecule has 1 aliphatic rings. The summed E-state index contributed by atoms with van der Waals surface area (Å²) in [4.78, 5) is 40.9. The van der Waals surface area contributed by atoms with Gasteiger partial charge in [-0.25, -0.2) is 13.6 Å². The first-order chi connectivity index (χ1) is 15.4. The van der Waals surface area contributed by atoms with E-state index in [2.05, 4.69) is 10.3 Å². The second-order valence-corrected chi connectivity index (χ2v) is 7.26. The Labute approximate surface area is 182 Å². The molecule has 9 heteroatoms. The Morgan fingerprint density at radius 2 is 1.84 bits per heavy atom. The van der Waals surface area contributed by atoms with Crippen molar-refractivity contribution in [3.05, 3.63) is 89.1 Å². The van der Waals surface area contributed by atoms with Gasteiger partial charge in [-0.15, -0.1) is 0 Å². The van der Waals surface area contributed by atoms with Gasteiger partial charge in [0.25, 0.3) is 5.91 Å². The van der Waals surface area contributed by atoms with E-state index in [9.17, 15) is 23.2 Å². The van der Waals surface area contributed by atoms with E-state index in [1.165, 1.54) is 23.1 Å². The van der Waals surface area contributed by atoms with Crippen LogP contribution in [0.15, 0.2) is 60.8 Å². The molecule has 0 saturated heterocycles. The number of pyridine rings is 1. The quantitative estimate of drug-likeness (QED) is 0.581. The van der Waals surface area contributed by atoms with Crippen molar-refractivity contribution < 1.29 is 23.2 Å². The molecule has 32 heavy (non-hydrogen) atoms. The molecule has 0 aliphatic carbocycles. The summed E-state index contributed by atoms with van der Waals surface area (Å²) in [5.74, 6) is -1.27. The summed E-state index contributed by atoms with van der Waals surface area (Å²) in [6.45, 7) is 0.384. The Morgan fingerprint density at radius 1 is 1.09 bits per heavy atom. The first-order valence-corrected chi connectivity index (χ1v) is 9.75. The molecule has 2 heterocycles. The van der Waals surface area contributed by atoms with Gasteiger partial charge in [0.1, 0.15) is 11.6 Å². The zero-order chi connectivity index (χ0) is 22.7. The van der Waals surface area contributed by atoms with Crippen LogP contribution in [0.4, 0.5) is 13.6 Å². The van der Waals surface area contributed by atoms with Crippen LogP contribution in [-0.2, 0) is 11.3 Å². The Kier molecular flexibility index (Phi) is 5.89. The average molecular weight is 436 g/mol. The number of carbonyl (C=O) groups excluding carboxylic acids is 3. The molecule has 0 radical (unpaired) electrons. The summed E-state index contributed by atoms with van der Waals surface area (Å²) in [5, 5.41) is 4.69. The van der Waals surface area contributed by atoms with E-state index in [4.69, 9.17) is 0 Å². The number of carbonyl (C=O) groups is 3. The molecule has 1 aromatic heterocycles. The molecule has 4 amide bonds. The summed E-state index contributed by atoms with van der Waals surface area (Å²) in [6.07, 6.45) is 1.38. The lowest BCUT2D eigenvalue weighted by Gasteiger charge is -2.25. The molecule has 2 N–H and O–H groups in total. The van der Waals surface area contributed by atoms with Gasteiger partial charge in [-0.1, -0.05) is 30.3 Å². The fourth-order valence-electron chi connectivity index (χ4n) is 3.62. The first kappa shape index (κ1) is 21.1. The number of nitrogens with zero attached hydrogens (tertiary/aromatic N) is 2. The highest BCUT2D eigenvalue weighted by Crippen LogP contribution is 2.27. The summed E-state index contributed by atoms with van der Waals surface area (Å²) < 4.78 is 26.7. The van der Waals surface area contributed by atoms with E-state index in [0.717, 1.165) is 11.8 Å². The smallest absolute Gasteiger partial charge is 0.321 e. The van der Waals surface area contributed by atoms with Gasteiger partial charge in [-0.3, -0.25) is 19.9 Å². The van der Waals surface area contributed by atoms with Crippen LogP contribution in [0.3, 0.4) is 0 Å². The summed E-state index contributed by atoms with van der Waals surface area (Å²) in [6, 6.07) is 12.6. The van der Waals surface area contributed by atoms with Gasteiger partial charge in [0.05, 0.1) is 17.9 Å². The maximum atomic E-state index is 13.6. The molecule has 1 atom stereocenters. The van der Waals surface area contributed by atoms with E-state index in [1.54, 1.807) is 36.4 Å². The highest BCUT2D eigenvalue weighted by molar-refractivity contribution is 5.98. The highest BCUT2D eigenvalue weighted by atomic mass is 19.1. The third-order valence-electron chi connectivity index (χ3n) is 5.19. The SMILES string of the molecule is O=CNC(=O)N[C@@H](CN1Cc2ccc(F)cc2C1=O)c1ccc(-c2ccc(F)cn2)cc1. The van der Waals surface area contributed by atoms with Crippen molar-refractivity contribution in [3.8, 4) is 11.3 Å². The van der Waals surface area contributed by atoms with Crippen LogP contribution in [0.2, 0.25) is 0 Å². The van der Waals surface area contributed by atoms with Crippen LogP contribution in [-0.4, -0.2) is 34.8 Å². The zero-order valence-electron chi connectivity index (χ0n) is 16.7. The van der Waals surface area contributed by atoms with Crippen LogP contribution >= 0.6 is 0 Å². The molecule has 4 rings (SSSR count). The molecule has 0 fully saturated rings. The van der Waals surface area contributed by atoms with E-state index in [1.807, 2.05) is 5.32 Å². The molecule has 0 spiro atoms. The van der Waals surface area contributed by atoms with Crippen LogP contribution in [0, 0.1) is 11.6 Å². The van der Waals surface area contributed by atoms with Gasteiger partial charge < -0.3 is 10.2 Å². The molecule has 1 aliphatic heterocycles. The van der Waals surface area contributed by atoms with Crippen LogP contribution < -0.4 is 10.6 Å². The molecule has 2 aromatic carbocycles. The predicted molar refractivity (Wildman–Crippen MR) is 111 cm³/mol. The van der Waals surface area contributed by atoms with Gasteiger partial charge in [0.2, 0.25) is 6.41 Å². The van der Waals surface area contributed by atoms with E-state index in [-0.39, 0.29) is 25.4 Å². The molecular formula is C23H18F2N4O3. The summed E-state index contributed by atoms with van der Waals surface area (Å²) in [7, 11) is 0. The minimum absolute atomic E-state index is 0.107. The van der Waals surface area contributed by atoms with Crippen molar-refractivity contribution in [2.75, 3.05) is 6.54 Å². The number of amides is 4. The number of halogens is 2. The number of benzene rings is 2. The Morgan fingerprint density at radius 3 is 2.53 bits per heavy atom. The standard InChI is InChI=1S/C23H18F2N4O3/c24-17-6-5-16-11-29(22(31)19(16)9-17)12-21(28-23(32)27-13-30)15-3-1-14(2-4-15)20-8-7-18(25)10-26-20/h1-10,13,21H,11-12H2,(H2,27,28,30,32)/t21-/m0/s1. The lowest BCUT2D eigenvalue weighted by atomic mass is 10.0. The van der Waals surface area contributed by atoms with Crippen LogP contribution in [0.5, 0.6) is 0 Å². The van der Waals surface area contributed by atoms with E-state index in [0.29, 0.717) is 22.4 Å². The monoisotopic (exact) mass is 436 g/mol. The molecule has 7 nitrogen and oxygen atoms in total. The Balaban J connectivity index is 1.57. The number of urea groups is 1. The topological polar surface area (TPSA) is 91.4 Å². The summed E-state index contributed by atoms with van der Waals surface area (Å²) >= 11 is 0. The Hall–Kier alpha value is -4.14. The third-order valence-corrected chi connectivity index (χ3v) is 5.19. The number of nitrogens with one attached hydrogen (secondary N) is 2. The number of imide groups is 1. The van der Waals surface area contributed by atoms with Crippen molar-refractivity contribution in [2.45, 2.75) is 12.6 Å².